The van der Waals surface area contributed by atoms with Gasteiger partial charge in [0.2, 0.25) is 0 Å². The van der Waals surface area contributed by atoms with Crippen molar-refractivity contribution in [1.29, 1.82) is 0 Å². The number of anilines is 2. The number of nitrogens with two attached hydrogens (primary N) is 1. The number of nitrogen functional groups attached to an aromatic ring is 1. The lowest BCUT2D eigenvalue weighted by atomic mass is 9.96. The fraction of sp³-hybridized carbons (Fsp3) is 0.600. The molecule has 0 aromatic heterocycles. The zero-order valence-electron chi connectivity index (χ0n) is 12.3. The molecule has 0 bridgehead atoms. The summed E-state index contributed by atoms with van der Waals surface area (Å²) in [6, 6.07) is 2.94. The lowest BCUT2D eigenvalue weighted by Gasteiger charge is -2.31. The third kappa shape index (κ3) is 3.54. The first-order valence-corrected chi connectivity index (χ1v) is 7.23. The predicted octanol–water partition coefficient (Wildman–Crippen LogP) is 2.56. The summed E-state index contributed by atoms with van der Waals surface area (Å²) < 4.78 is 18.5. The number of hydrogen-bond acceptors (Lipinski definition) is 4. The molecule has 0 unspecified atom stereocenters. The van der Waals surface area contributed by atoms with Gasteiger partial charge in [0.15, 0.2) is 11.6 Å². The second kappa shape index (κ2) is 6.79. The Bertz CT molecular complexity index is 445. The summed E-state index contributed by atoms with van der Waals surface area (Å²) >= 11 is 0. The van der Waals surface area contributed by atoms with E-state index in [0.717, 1.165) is 31.9 Å². The summed E-state index contributed by atoms with van der Waals surface area (Å²) in [5, 5.41) is 3.33. The molecule has 1 aliphatic rings. The first-order chi connectivity index (χ1) is 9.63. The molecule has 0 spiro atoms. The van der Waals surface area contributed by atoms with Crippen LogP contribution < -0.4 is 15.8 Å². The van der Waals surface area contributed by atoms with Crippen molar-refractivity contribution in [2.45, 2.75) is 19.8 Å². The number of rotatable bonds is 5. The Hall–Kier alpha value is -1.49. The second-order valence-corrected chi connectivity index (χ2v) is 5.33. The Morgan fingerprint density at radius 3 is 2.70 bits per heavy atom. The molecule has 1 aromatic rings. The number of piperidine rings is 1. The van der Waals surface area contributed by atoms with Gasteiger partial charge in [0.05, 0.1) is 18.5 Å². The average Bonchev–Trinajstić information content (AvgIpc) is 2.47. The number of nitrogens with zero attached hydrogens (tertiary/aromatic N) is 1. The number of methoxy groups -OCH3 is 1. The summed E-state index contributed by atoms with van der Waals surface area (Å²) in [5.74, 6) is 0.447. The summed E-state index contributed by atoms with van der Waals surface area (Å²) in [4.78, 5) is 2.46. The molecular weight excluding hydrogens is 257 g/mol. The average molecular weight is 281 g/mol. The first kappa shape index (κ1) is 14.9. The van der Waals surface area contributed by atoms with E-state index in [-0.39, 0.29) is 5.75 Å². The van der Waals surface area contributed by atoms with Crippen LogP contribution in [0.5, 0.6) is 5.75 Å². The van der Waals surface area contributed by atoms with E-state index in [9.17, 15) is 4.39 Å². The Balaban J connectivity index is 1.91. The molecule has 5 heteroatoms. The van der Waals surface area contributed by atoms with E-state index in [1.807, 2.05) is 0 Å². The third-order valence-electron chi connectivity index (χ3n) is 4.06. The van der Waals surface area contributed by atoms with E-state index in [4.69, 9.17) is 10.5 Å². The Morgan fingerprint density at radius 2 is 2.10 bits per heavy atom. The highest BCUT2D eigenvalue weighted by atomic mass is 19.1. The number of benzene rings is 1. The Kier molecular flexibility index (Phi) is 5.06. The van der Waals surface area contributed by atoms with E-state index in [1.54, 1.807) is 6.07 Å². The van der Waals surface area contributed by atoms with Gasteiger partial charge in [-0.05, 0) is 38.4 Å². The molecular formula is C15H24FN3O. The predicted molar refractivity (Wildman–Crippen MR) is 80.7 cm³/mol. The van der Waals surface area contributed by atoms with Gasteiger partial charge >= 0.3 is 0 Å². The first-order valence-electron chi connectivity index (χ1n) is 7.23. The minimum absolute atomic E-state index is 0.225. The lowest BCUT2D eigenvalue weighted by molar-refractivity contribution is 0.198. The topological polar surface area (TPSA) is 50.5 Å². The maximum atomic E-state index is 13.5. The van der Waals surface area contributed by atoms with E-state index < -0.39 is 5.82 Å². The summed E-state index contributed by atoms with van der Waals surface area (Å²) in [5.41, 5.74) is 7.01. The molecule has 0 amide bonds. The molecule has 1 fully saturated rings. The van der Waals surface area contributed by atoms with Gasteiger partial charge in [-0.2, -0.15) is 0 Å². The third-order valence-corrected chi connectivity index (χ3v) is 4.06. The normalized spacial score (nSPS) is 17.1. The molecule has 4 nitrogen and oxygen atoms in total. The summed E-state index contributed by atoms with van der Waals surface area (Å²) in [6.07, 6.45) is 2.39. The molecule has 0 radical (unpaired) electrons. The summed E-state index contributed by atoms with van der Waals surface area (Å²) in [6.45, 7) is 6.51. The van der Waals surface area contributed by atoms with Crippen LogP contribution in [0.25, 0.3) is 0 Å². The molecule has 1 saturated heterocycles. The van der Waals surface area contributed by atoms with E-state index in [0.29, 0.717) is 11.6 Å². The molecule has 0 atom stereocenters. The highest BCUT2D eigenvalue weighted by molar-refractivity contribution is 5.68. The summed E-state index contributed by atoms with van der Waals surface area (Å²) in [7, 11) is 1.46. The highest BCUT2D eigenvalue weighted by Gasteiger charge is 2.18. The van der Waals surface area contributed by atoms with Gasteiger partial charge in [-0.25, -0.2) is 4.39 Å². The minimum Gasteiger partial charge on any atom is -0.494 e. The van der Waals surface area contributed by atoms with Crippen molar-refractivity contribution in [1.82, 2.24) is 4.90 Å². The smallest absolute Gasteiger partial charge is 0.167 e. The molecule has 1 heterocycles. The molecule has 20 heavy (non-hydrogen) atoms. The molecule has 0 saturated carbocycles. The van der Waals surface area contributed by atoms with Crippen molar-refractivity contribution in [3.8, 4) is 5.75 Å². The minimum atomic E-state index is -0.424. The van der Waals surface area contributed by atoms with Gasteiger partial charge in [0.25, 0.3) is 0 Å². The number of nitrogens with one attached hydrogen (secondary N) is 1. The van der Waals surface area contributed by atoms with Crippen LogP contribution in [0, 0.1) is 11.7 Å². The standard InChI is InChI=1S/C15H24FN3O/c1-3-19-6-4-11(5-7-19)10-18-14-9-15(20-2)12(16)8-13(14)17/h8-9,11,18H,3-7,10,17H2,1-2H3. The highest BCUT2D eigenvalue weighted by Crippen LogP contribution is 2.28. The van der Waals surface area contributed by atoms with Crippen LogP contribution in [-0.2, 0) is 0 Å². The van der Waals surface area contributed by atoms with E-state index >= 15 is 0 Å². The van der Waals surface area contributed by atoms with Crippen LogP contribution >= 0.6 is 0 Å². The van der Waals surface area contributed by atoms with Gasteiger partial charge in [-0.1, -0.05) is 6.92 Å². The molecule has 1 aromatic carbocycles. The van der Waals surface area contributed by atoms with E-state index in [2.05, 4.69) is 17.1 Å². The van der Waals surface area contributed by atoms with Gasteiger partial charge < -0.3 is 20.7 Å². The van der Waals surface area contributed by atoms with Gasteiger partial charge in [0, 0.05) is 18.7 Å². The molecule has 3 N–H and O–H groups in total. The molecule has 2 rings (SSSR count). The van der Waals surface area contributed by atoms with Crippen molar-refractivity contribution in [2.24, 2.45) is 5.92 Å². The second-order valence-electron chi connectivity index (χ2n) is 5.33. The monoisotopic (exact) mass is 281 g/mol. The van der Waals surface area contributed by atoms with Crippen molar-refractivity contribution >= 4 is 11.4 Å². The van der Waals surface area contributed by atoms with Crippen molar-refractivity contribution in [2.75, 3.05) is 44.3 Å². The van der Waals surface area contributed by atoms with Crippen molar-refractivity contribution in [3.63, 3.8) is 0 Å². The zero-order chi connectivity index (χ0) is 14.5. The SMILES string of the molecule is CCN1CCC(CNc2cc(OC)c(F)cc2N)CC1. The Labute approximate surface area is 120 Å². The van der Waals surface area contributed by atoms with Gasteiger partial charge in [-0.15, -0.1) is 0 Å². The molecule has 1 aliphatic heterocycles. The largest absolute Gasteiger partial charge is 0.494 e. The maximum absolute atomic E-state index is 13.5. The zero-order valence-corrected chi connectivity index (χ0v) is 12.3. The van der Waals surface area contributed by atoms with Crippen LogP contribution in [0.4, 0.5) is 15.8 Å². The van der Waals surface area contributed by atoms with Crippen LogP contribution in [-0.4, -0.2) is 38.2 Å². The molecule has 112 valence electrons. The van der Waals surface area contributed by atoms with Crippen LogP contribution in [0.3, 0.4) is 0 Å². The number of ether oxygens (including phenoxy) is 1. The van der Waals surface area contributed by atoms with Crippen molar-refractivity contribution in [3.05, 3.63) is 17.9 Å². The molecule has 0 aliphatic carbocycles. The number of halogens is 1. The fourth-order valence-corrected chi connectivity index (χ4v) is 2.64. The van der Waals surface area contributed by atoms with Crippen LogP contribution in [0.15, 0.2) is 12.1 Å². The van der Waals surface area contributed by atoms with Gasteiger partial charge in [0.1, 0.15) is 0 Å². The maximum Gasteiger partial charge on any atom is 0.167 e. The van der Waals surface area contributed by atoms with E-state index in [1.165, 1.54) is 26.0 Å². The quantitative estimate of drug-likeness (QED) is 0.814. The number of hydrogen-bond donors (Lipinski definition) is 2. The lowest BCUT2D eigenvalue weighted by Crippen LogP contribution is -2.35. The fourth-order valence-electron chi connectivity index (χ4n) is 2.64. The number of likely N-dealkylation sites (tertiary alicyclic amines) is 1. The van der Waals surface area contributed by atoms with Crippen molar-refractivity contribution < 1.29 is 9.13 Å². The Morgan fingerprint density at radius 1 is 1.40 bits per heavy atom. The van der Waals surface area contributed by atoms with Crippen LogP contribution in [0.1, 0.15) is 19.8 Å². The van der Waals surface area contributed by atoms with Gasteiger partial charge in [-0.3, -0.25) is 0 Å². The van der Waals surface area contributed by atoms with Crippen LogP contribution in [0.2, 0.25) is 0 Å².